The van der Waals surface area contributed by atoms with Crippen LogP contribution in [0.3, 0.4) is 0 Å². The number of halogens is 6. The fourth-order valence-corrected chi connectivity index (χ4v) is 0.984. The lowest BCUT2D eigenvalue weighted by molar-refractivity contribution is -0.400. The third kappa shape index (κ3) is 0.657. The highest BCUT2D eigenvalue weighted by atomic mass is 19.3. The van der Waals surface area contributed by atoms with Crippen LogP contribution in [0.15, 0.2) is 0 Å². The summed E-state index contributed by atoms with van der Waals surface area (Å²) in [7, 11) is 0. The topological polar surface area (TPSA) is 20.2 Å². The minimum atomic E-state index is -5.13. The Balaban J connectivity index is 3.00. The third-order valence-corrected chi connectivity index (χ3v) is 1.89. The van der Waals surface area contributed by atoms with Gasteiger partial charge in [-0.15, -0.1) is 0 Å². The minimum absolute atomic E-state index is 1.96. The summed E-state index contributed by atoms with van der Waals surface area (Å²) in [5, 5.41) is 7.96. The zero-order valence-electron chi connectivity index (χ0n) is 5.50. The monoisotopic (exact) mass is 194 g/mol. The molecule has 0 aliphatic heterocycles. The second kappa shape index (κ2) is 2.07. The van der Waals surface area contributed by atoms with Gasteiger partial charge in [0, 0.05) is 0 Å². The Kier molecular flexibility index (Phi) is 1.66. The van der Waals surface area contributed by atoms with E-state index in [2.05, 4.69) is 0 Å². The van der Waals surface area contributed by atoms with Gasteiger partial charge in [-0.3, -0.25) is 0 Å². The van der Waals surface area contributed by atoms with Crippen LogP contribution in [-0.4, -0.2) is 35.4 Å². The molecule has 1 aliphatic rings. The van der Waals surface area contributed by atoms with E-state index in [1.165, 1.54) is 0 Å². The fourth-order valence-electron chi connectivity index (χ4n) is 0.984. The smallest absolute Gasteiger partial charge is 0.351 e. The van der Waals surface area contributed by atoms with E-state index in [0.717, 1.165) is 0 Å². The van der Waals surface area contributed by atoms with Crippen LogP contribution >= 0.6 is 0 Å². The Morgan fingerprint density at radius 3 is 1.67 bits per heavy atom. The molecule has 1 fully saturated rings. The van der Waals surface area contributed by atoms with E-state index in [0.29, 0.717) is 0 Å². The van der Waals surface area contributed by atoms with Crippen molar-refractivity contribution < 1.29 is 31.4 Å². The first-order chi connectivity index (χ1) is 5.22. The van der Waals surface area contributed by atoms with Crippen molar-refractivity contribution in [3.63, 3.8) is 0 Å². The van der Waals surface area contributed by atoms with E-state index in [4.69, 9.17) is 5.11 Å². The molecule has 1 rings (SSSR count). The second-order valence-electron chi connectivity index (χ2n) is 2.58. The third-order valence-electron chi connectivity index (χ3n) is 1.89. The zero-order valence-corrected chi connectivity index (χ0v) is 5.50. The van der Waals surface area contributed by atoms with Gasteiger partial charge in [0.2, 0.25) is 11.8 Å². The molecule has 0 aromatic heterocycles. The standard InChI is InChI=1S/C5H4F6O/c6-2-3(7,1-12)5(10,11)4(2,8)9/h2,12H,1H2. The van der Waals surface area contributed by atoms with Crippen LogP contribution in [0.25, 0.3) is 0 Å². The van der Waals surface area contributed by atoms with E-state index in [-0.39, 0.29) is 0 Å². The predicted octanol–water partition coefficient (Wildman–Crippen LogP) is 1.31. The lowest BCUT2D eigenvalue weighted by Gasteiger charge is -2.49. The van der Waals surface area contributed by atoms with Crippen LogP contribution < -0.4 is 0 Å². The average Bonchev–Trinajstić information content (AvgIpc) is 2.00. The van der Waals surface area contributed by atoms with Crippen molar-refractivity contribution in [3.05, 3.63) is 0 Å². The van der Waals surface area contributed by atoms with Crippen molar-refractivity contribution >= 4 is 0 Å². The fraction of sp³-hybridized carbons (Fsp3) is 1.00. The molecule has 1 N–H and O–H groups in total. The summed E-state index contributed by atoms with van der Waals surface area (Å²) >= 11 is 0. The molecule has 0 bridgehead atoms. The van der Waals surface area contributed by atoms with Gasteiger partial charge in [0.05, 0.1) is 6.61 Å². The maximum atomic E-state index is 12.4. The van der Waals surface area contributed by atoms with Crippen LogP contribution in [0.1, 0.15) is 0 Å². The quantitative estimate of drug-likeness (QED) is 0.624. The van der Waals surface area contributed by atoms with Crippen LogP contribution in [0.5, 0.6) is 0 Å². The maximum absolute atomic E-state index is 12.4. The summed E-state index contributed by atoms with van der Waals surface area (Å²) in [4.78, 5) is 0. The molecule has 0 amide bonds. The number of rotatable bonds is 1. The molecule has 0 spiro atoms. The molecule has 0 saturated heterocycles. The largest absolute Gasteiger partial charge is 0.393 e. The van der Waals surface area contributed by atoms with Crippen LogP contribution in [0.4, 0.5) is 26.3 Å². The first kappa shape index (κ1) is 9.63. The van der Waals surface area contributed by atoms with Gasteiger partial charge in [-0.2, -0.15) is 17.6 Å². The summed E-state index contributed by atoms with van der Waals surface area (Å²) in [6.07, 6.45) is -3.65. The maximum Gasteiger partial charge on any atom is 0.351 e. The molecule has 2 atom stereocenters. The molecule has 0 aromatic carbocycles. The van der Waals surface area contributed by atoms with E-state index in [9.17, 15) is 26.3 Å². The van der Waals surface area contributed by atoms with E-state index < -0.39 is 30.3 Å². The zero-order chi connectivity index (χ0) is 9.78. The molecule has 72 valence electrons. The van der Waals surface area contributed by atoms with Crippen molar-refractivity contribution in [2.24, 2.45) is 0 Å². The lowest BCUT2D eigenvalue weighted by Crippen LogP contribution is -2.79. The second-order valence-corrected chi connectivity index (χ2v) is 2.58. The highest BCUT2D eigenvalue weighted by Gasteiger charge is 2.89. The van der Waals surface area contributed by atoms with Crippen molar-refractivity contribution in [3.8, 4) is 0 Å². The Morgan fingerprint density at radius 1 is 1.08 bits per heavy atom. The van der Waals surface area contributed by atoms with Crippen LogP contribution in [-0.2, 0) is 0 Å². The first-order valence-corrected chi connectivity index (χ1v) is 2.91. The highest BCUT2D eigenvalue weighted by Crippen LogP contribution is 2.61. The Labute approximate surface area is 63.0 Å². The van der Waals surface area contributed by atoms with Crippen molar-refractivity contribution in [2.45, 2.75) is 23.7 Å². The molecule has 7 heteroatoms. The summed E-state index contributed by atoms with van der Waals surface area (Å²) in [5.74, 6) is -10.2. The average molecular weight is 194 g/mol. The minimum Gasteiger partial charge on any atom is -0.393 e. The molecule has 1 aliphatic carbocycles. The Hall–Kier alpha value is -0.460. The molecule has 0 heterocycles. The van der Waals surface area contributed by atoms with Gasteiger partial charge >= 0.3 is 11.8 Å². The summed E-state index contributed by atoms with van der Waals surface area (Å²) < 4.78 is 72.5. The molecular formula is C5H4F6O. The summed E-state index contributed by atoms with van der Waals surface area (Å²) in [5.41, 5.74) is -4.14. The molecule has 0 radical (unpaired) electrons. The molecular weight excluding hydrogens is 190 g/mol. The summed E-state index contributed by atoms with van der Waals surface area (Å²) in [6.45, 7) is -1.96. The molecule has 12 heavy (non-hydrogen) atoms. The molecule has 1 nitrogen and oxygen atoms in total. The van der Waals surface area contributed by atoms with E-state index in [1.54, 1.807) is 0 Å². The van der Waals surface area contributed by atoms with E-state index in [1.807, 2.05) is 0 Å². The molecule has 1 saturated carbocycles. The molecule has 0 aromatic rings. The normalized spacial score (nSPS) is 43.8. The number of aliphatic hydroxyl groups excluding tert-OH is 1. The predicted molar refractivity (Wildman–Crippen MR) is 25.7 cm³/mol. The van der Waals surface area contributed by atoms with Gasteiger partial charge in [0.25, 0.3) is 0 Å². The Bertz CT molecular complexity index is 201. The first-order valence-electron chi connectivity index (χ1n) is 2.91. The summed E-state index contributed by atoms with van der Waals surface area (Å²) in [6, 6.07) is 0. The van der Waals surface area contributed by atoms with Gasteiger partial charge in [-0.05, 0) is 0 Å². The number of hydrogen-bond donors (Lipinski definition) is 1. The molecule has 2 unspecified atom stereocenters. The van der Waals surface area contributed by atoms with Gasteiger partial charge < -0.3 is 5.11 Å². The van der Waals surface area contributed by atoms with Gasteiger partial charge in [0.1, 0.15) is 0 Å². The van der Waals surface area contributed by atoms with E-state index >= 15 is 0 Å². The number of hydrogen-bond acceptors (Lipinski definition) is 1. The van der Waals surface area contributed by atoms with Crippen LogP contribution in [0.2, 0.25) is 0 Å². The van der Waals surface area contributed by atoms with Gasteiger partial charge in [-0.1, -0.05) is 0 Å². The SMILES string of the molecule is OCC1(F)C(F)C(F)(F)C1(F)F. The number of alkyl halides is 6. The van der Waals surface area contributed by atoms with Gasteiger partial charge in [0.15, 0.2) is 0 Å². The van der Waals surface area contributed by atoms with Crippen molar-refractivity contribution in [1.29, 1.82) is 0 Å². The number of aliphatic hydroxyl groups is 1. The highest BCUT2D eigenvalue weighted by molar-refractivity contribution is 5.22. The van der Waals surface area contributed by atoms with Gasteiger partial charge in [-0.25, -0.2) is 8.78 Å². The van der Waals surface area contributed by atoms with Crippen molar-refractivity contribution in [1.82, 2.24) is 0 Å². The Morgan fingerprint density at radius 2 is 1.50 bits per heavy atom. The van der Waals surface area contributed by atoms with Crippen molar-refractivity contribution in [2.75, 3.05) is 6.61 Å². The van der Waals surface area contributed by atoms with Crippen LogP contribution in [0, 0.1) is 0 Å². The lowest BCUT2D eigenvalue weighted by atomic mass is 9.72.